The highest BCUT2D eigenvalue weighted by atomic mass is 16.6. The van der Waals surface area contributed by atoms with Crippen molar-refractivity contribution >= 4 is 8.41 Å². The van der Waals surface area contributed by atoms with E-state index >= 15 is 0 Å². The molecule has 2 heterocycles. The van der Waals surface area contributed by atoms with Gasteiger partial charge in [-0.3, -0.25) is 0 Å². The molecule has 0 aromatic rings. The average Bonchev–Trinajstić information content (AvgIpc) is 3.07. The first kappa shape index (κ1) is 31.7. The van der Waals surface area contributed by atoms with E-state index in [9.17, 15) is 10.2 Å². The Labute approximate surface area is 153 Å². The topological polar surface area (TPSA) is 65.8 Å². The van der Waals surface area contributed by atoms with Crippen molar-refractivity contribution in [1.82, 2.24) is 0 Å². The Morgan fingerprint density at radius 2 is 0.792 bits per heavy atom. The van der Waals surface area contributed by atoms with Crippen LogP contribution in [0.1, 0.15) is 76.7 Å². The molecule has 0 atom stereocenters. The molecule has 2 aliphatic rings. The van der Waals surface area contributed by atoms with E-state index in [1.807, 2.05) is 69.2 Å². The Hall–Kier alpha value is -0.0951. The highest BCUT2D eigenvalue weighted by molar-refractivity contribution is 5.75. The Kier molecular flexibility index (Phi) is 16.2. The number of aliphatic hydroxyl groups is 4. The average molecular weight is 349 g/mol. The molecule has 2 rings (SSSR count). The third-order valence-electron chi connectivity index (χ3n) is 4.10. The van der Waals surface area contributed by atoms with Gasteiger partial charge in [0.15, 0.2) is 0 Å². The van der Waals surface area contributed by atoms with Crippen molar-refractivity contribution in [3.05, 3.63) is 0 Å². The molecule has 2 aliphatic heterocycles. The lowest BCUT2D eigenvalue weighted by molar-refractivity contribution is -0.0240. The lowest BCUT2D eigenvalue weighted by Crippen LogP contribution is -2.35. The van der Waals surface area contributed by atoms with Crippen LogP contribution in [-0.2, 0) is 4.74 Å². The van der Waals surface area contributed by atoms with Crippen LogP contribution in [-0.4, -0.2) is 61.0 Å². The maximum atomic E-state index is 9.35. The number of ether oxygens (including phenoxy) is 2. The number of epoxide rings is 2. The number of hydrogen-bond acceptors (Lipinski definition) is 3. The Morgan fingerprint density at radius 1 is 0.667 bits per heavy atom. The summed E-state index contributed by atoms with van der Waals surface area (Å²) in [4.78, 5) is 0. The zero-order valence-electron chi connectivity index (χ0n) is 17.3. The predicted molar refractivity (Wildman–Crippen MR) is 108 cm³/mol. The van der Waals surface area contributed by atoms with E-state index in [0.29, 0.717) is 0 Å². The van der Waals surface area contributed by atoms with E-state index in [-0.39, 0.29) is 26.7 Å². The van der Waals surface area contributed by atoms with Crippen LogP contribution >= 0.6 is 0 Å². The molecule has 0 amide bonds. The van der Waals surface area contributed by atoms with Gasteiger partial charge in [-0.05, 0) is 38.5 Å². The fraction of sp³-hybridized carbons (Fsp3) is 1.00. The molecule has 0 bridgehead atoms. The first-order valence-corrected chi connectivity index (χ1v) is 8.16. The smallest absolute Gasteiger partial charge is 0.214 e. The van der Waals surface area contributed by atoms with Crippen molar-refractivity contribution in [3.8, 4) is 0 Å². The standard InChI is InChI=1S/2C7H16O.2C2H4O.CH4.BH/c2*1-6(2,3)7(4,5)8;2*1-2-3-1;;/h2*8H,1-5H3;2*1-2H2;1H4;1H/p+1. The molecule has 2 radical (unpaired) electrons. The van der Waals surface area contributed by atoms with Crippen molar-refractivity contribution in [2.75, 3.05) is 26.4 Å². The molecule has 2 saturated heterocycles. The summed E-state index contributed by atoms with van der Waals surface area (Å²) in [6.07, 6.45) is 0. The largest absolute Gasteiger partial charge is 0.422 e. The number of rotatable bonds is 0. The van der Waals surface area contributed by atoms with Gasteiger partial charge in [-0.2, -0.15) is 0 Å². The second kappa shape index (κ2) is 12.3. The summed E-state index contributed by atoms with van der Waals surface area (Å²) in [5, 5.41) is 18.7. The third kappa shape index (κ3) is 24.2. The second-order valence-corrected chi connectivity index (χ2v) is 8.90. The number of hydrogen-bond donors (Lipinski definition) is 2. The van der Waals surface area contributed by atoms with Gasteiger partial charge in [-0.15, -0.1) is 0 Å². The maximum absolute atomic E-state index is 9.35. The van der Waals surface area contributed by atoms with Crippen LogP contribution in [0, 0.1) is 10.8 Å². The summed E-state index contributed by atoms with van der Waals surface area (Å²) in [6, 6.07) is 0. The third-order valence-corrected chi connectivity index (χ3v) is 4.10. The molecule has 2 fully saturated rings. The van der Waals surface area contributed by atoms with Crippen molar-refractivity contribution in [2.24, 2.45) is 10.8 Å². The summed E-state index contributed by atoms with van der Waals surface area (Å²) in [7, 11) is 0. The monoisotopic (exact) mass is 349 g/mol. The molecule has 148 valence electrons. The lowest BCUT2D eigenvalue weighted by atomic mass is 9.79. The predicted octanol–water partition coefficient (Wildman–Crippen LogP) is 3.14. The fourth-order valence-electron chi connectivity index (χ4n) is 0. The normalized spacial score (nSPS) is 15.5. The molecule has 0 aromatic carbocycles. The summed E-state index contributed by atoms with van der Waals surface area (Å²) >= 11 is 0. The van der Waals surface area contributed by atoms with Gasteiger partial charge in [0.1, 0.15) is 0 Å². The van der Waals surface area contributed by atoms with Crippen molar-refractivity contribution < 1.29 is 19.7 Å². The molecular weight excluding hydrogens is 303 g/mol. The minimum absolute atomic E-state index is 0. The molecule has 0 spiro atoms. The van der Waals surface area contributed by atoms with Gasteiger partial charge in [0, 0.05) is 8.41 Å². The first-order valence-electron chi connectivity index (χ1n) is 8.16. The van der Waals surface area contributed by atoms with E-state index in [1.54, 1.807) is 0 Å². The van der Waals surface area contributed by atoms with Crippen LogP contribution in [0.5, 0.6) is 0 Å². The molecular formula is C19H46BO4+. The van der Waals surface area contributed by atoms with Gasteiger partial charge >= 0.3 is 0 Å². The zero-order valence-corrected chi connectivity index (χ0v) is 17.3. The van der Waals surface area contributed by atoms with E-state index in [4.69, 9.17) is 0 Å². The van der Waals surface area contributed by atoms with Crippen molar-refractivity contribution in [1.29, 1.82) is 0 Å². The Bertz CT molecular complexity index is 214. The quantitative estimate of drug-likeness (QED) is 0.401. The molecule has 0 aromatic heterocycles. The van der Waals surface area contributed by atoms with Gasteiger partial charge in [-0.25, -0.2) is 0 Å². The van der Waals surface area contributed by atoms with Gasteiger partial charge in [0.05, 0.1) is 24.4 Å². The Morgan fingerprint density at radius 3 is 0.792 bits per heavy atom. The van der Waals surface area contributed by atoms with E-state index < -0.39 is 11.2 Å². The summed E-state index contributed by atoms with van der Waals surface area (Å²) in [5.41, 5.74) is -1.14. The van der Waals surface area contributed by atoms with Crippen LogP contribution in [0.15, 0.2) is 0 Å². The second-order valence-electron chi connectivity index (χ2n) is 8.90. The van der Waals surface area contributed by atoms with Crippen molar-refractivity contribution in [2.45, 2.75) is 87.9 Å². The van der Waals surface area contributed by atoms with Crippen LogP contribution in [0.4, 0.5) is 0 Å². The summed E-state index contributed by atoms with van der Waals surface area (Å²) in [5.74, 6) is 0. The Balaban J connectivity index is -0.000000116. The minimum atomic E-state index is -0.562. The molecule has 0 unspecified atom stereocenters. The van der Waals surface area contributed by atoms with E-state index in [0.717, 1.165) is 26.4 Å². The molecule has 0 saturated carbocycles. The van der Waals surface area contributed by atoms with Gasteiger partial charge in [-0.1, -0.05) is 49.0 Å². The molecule has 5 heteroatoms. The molecule has 4 nitrogen and oxygen atoms in total. The first-order chi connectivity index (χ1) is 9.50. The highest BCUT2D eigenvalue weighted by Gasteiger charge is 2.30. The van der Waals surface area contributed by atoms with Crippen LogP contribution in [0.2, 0.25) is 0 Å². The molecule has 3 N–H and O–H groups in total. The highest BCUT2D eigenvalue weighted by Crippen LogP contribution is 2.29. The van der Waals surface area contributed by atoms with Crippen LogP contribution in [0.3, 0.4) is 0 Å². The van der Waals surface area contributed by atoms with Crippen LogP contribution < -0.4 is 0 Å². The van der Waals surface area contributed by atoms with E-state index in [1.165, 1.54) is 0 Å². The van der Waals surface area contributed by atoms with Gasteiger partial charge < -0.3 is 19.7 Å². The van der Waals surface area contributed by atoms with Gasteiger partial charge in [0.2, 0.25) is 13.2 Å². The molecule has 0 aliphatic carbocycles. The van der Waals surface area contributed by atoms with Crippen LogP contribution in [0.25, 0.3) is 0 Å². The SMILES string of the molecule is C.C1CO1.C1C[OH+]1.CC(C)(C)C(C)(C)O.CC(C)(C)C(C)(C)O.[BH]. The minimum Gasteiger partial charge on any atom is -0.422 e. The molecule has 24 heavy (non-hydrogen) atoms. The lowest BCUT2D eigenvalue weighted by Gasteiger charge is -2.33. The fourth-order valence-corrected chi connectivity index (χ4v) is 0. The van der Waals surface area contributed by atoms with Gasteiger partial charge in [0.25, 0.3) is 0 Å². The van der Waals surface area contributed by atoms with Crippen molar-refractivity contribution in [3.63, 3.8) is 0 Å². The summed E-state index contributed by atoms with van der Waals surface area (Å²) < 4.78 is 8.25. The maximum Gasteiger partial charge on any atom is 0.214 e. The zero-order chi connectivity index (χ0) is 18.2. The summed E-state index contributed by atoms with van der Waals surface area (Å²) in [6.45, 7) is 23.7. The van der Waals surface area contributed by atoms with E-state index in [2.05, 4.69) is 9.47 Å².